The zero-order chi connectivity index (χ0) is 10.3. The van der Waals surface area contributed by atoms with Crippen LogP contribution in [0.3, 0.4) is 0 Å². The van der Waals surface area contributed by atoms with Gasteiger partial charge in [0.05, 0.1) is 15.6 Å². The largest absolute Gasteiger partial charge is 0.251 e. The number of rotatable bonds is 0. The van der Waals surface area contributed by atoms with E-state index < -0.39 is 24.5 Å². The Balaban J connectivity index is 2.82. The number of fused-ring (bicyclic) bond motifs is 1. The Hall–Kier alpha value is -1.01. The Bertz CT molecular complexity index is 567. The van der Waals surface area contributed by atoms with Gasteiger partial charge in [0.15, 0.2) is 0 Å². The first-order valence-corrected chi connectivity index (χ1v) is 6.60. The minimum atomic E-state index is -2.26. The van der Waals surface area contributed by atoms with Crippen LogP contribution in [0, 0.1) is 5.82 Å². The first-order valence-electron chi connectivity index (χ1n) is 3.78. The number of benzene rings is 1. The van der Waals surface area contributed by atoms with Gasteiger partial charge in [0.2, 0.25) is 0 Å². The summed E-state index contributed by atoms with van der Waals surface area (Å²) in [6, 6.07) is 4.00. The molecule has 0 fully saturated rings. The zero-order valence-corrected chi connectivity index (χ0v) is 8.82. The molecule has 1 aromatic carbocycles. The van der Waals surface area contributed by atoms with E-state index in [4.69, 9.17) is 0 Å². The molecule has 3 nitrogen and oxygen atoms in total. The van der Waals surface area contributed by atoms with Crippen molar-refractivity contribution in [2.24, 2.45) is 4.99 Å². The standard InChI is InChI=1S/C8H6FNO2S2/c1-5-10-7-3-2-6(9)4-8(7)13(5)14(11)12/h2-4H,1H3. The van der Waals surface area contributed by atoms with Gasteiger partial charge in [-0.15, -0.1) is 0 Å². The van der Waals surface area contributed by atoms with Gasteiger partial charge in [-0.25, -0.2) is 9.38 Å². The van der Waals surface area contributed by atoms with E-state index in [-0.39, 0.29) is 0 Å². The van der Waals surface area contributed by atoms with Crippen molar-refractivity contribution in [2.45, 2.75) is 11.8 Å². The maximum atomic E-state index is 12.9. The highest BCUT2D eigenvalue weighted by Crippen LogP contribution is 2.31. The lowest BCUT2D eigenvalue weighted by molar-refractivity contribution is 0.624. The van der Waals surface area contributed by atoms with Gasteiger partial charge in [-0.3, -0.25) is 0 Å². The molecule has 0 saturated carbocycles. The monoisotopic (exact) mass is 231 g/mol. The molecule has 1 aliphatic rings. The molecule has 0 N–H and O–H groups in total. The molecule has 6 heteroatoms. The number of hydrogen-bond acceptors (Lipinski definition) is 3. The predicted octanol–water partition coefficient (Wildman–Crippen LogP) is 1.66. The molecule has 0 radical (unpaired) electrons. The Morgan fingerprint density at radius 3 is 2.79 bits per heavy atom. The quantitative estimate of drug-likeness (QED) is 0.681. The first kappa shape index (κ1) is 9.54. The Kier molecular flexibility index (Phi) is 2.24. The van der Waals surface area contributed by atoms with Crippen LogP contribution in [0.25, 0.3) is 0 Å². The zero-order valence-electron chi connectivity index (χ0n) is 7.19. The molecule has 0 spiro atoms. The topological polar surface area (TPSA) is 46.5 Å². The SMILES string of the molecule is CC1=Nc2ccc(F)cc2S1=S(=O)=O. The van der Waals surface area contributed by atoms with Crippen LogP contribution in [0.15, 0.2) is 28.1 Å². The van der Waals surface area contributed by atoms with Crippen molar-refractivity contribution in [1.82, 2.24) is 0 Å². The summed E-state index contributed by atoms with van der Waals surface area (Å²) in [6.45, 7) is 1.64. The molecule has 2 rings (SSSR count). The molecule has 0 saturated heterocycles. The molecule has 1 unspecified atom stereocenters. The maximum absolute atomic E-state index is 12.9. The number of nitrogens with zero attached hydrogens (tertiary/aromatic N) is 1. The highest BCUT2D eigenvalue weighted by molar-refractivity contribution is 8.42. The van der Waals surface area contributed by atoms with Crippen molar-refractivity contribution in [3.63, 3.8) is 0 Å². The van der Waals surface area contributed by atoms with Gasteiger partial charge in [0, 0.05) is 9.45 Å². The molecular formula is C8H6FNO2S2. The average Bonchev–Trinajstić information content (AvgIpc) is 2.40. The molecule has 1 heterocycles. The van der Waals surface area contributed by atoms with E-state index in [9.17, 15) is 12.8 Å². The second-order valence-electron chi connectivity index (χ2n) is 2.72. The van der Waals surface area contributed by atoms with Crippen LogP contribution in [0.1, 0.15) is 6.92 Å². The van der Waals surface area contributed by atoms with Crippen LogP contribution >= 0.6 is 0 Å². The van der Waals surface area contributed by atoms with Crippen LogP contribution in [0.2, 0.25) is 0 Å². The third-order valence-corrected chi connectivity index (χ3v) is 5.51. The van der Waals surface area contributed by atoms with Crippen LogP contribution in [0.5, 0.6) is 0 Å². The Morgan fingerprint density at radius 1 is 1.43 bits per heavy atom. The fraction of sp³-hybridized carbons (Fsp3) is 0.125. The third kappa shape index (κ3) is 1.40. The first-order chi connectivity index (χ1) is 6.59. The molecule has 74 valence electrons. The summed E-state index contributed by atoms with van der Waals surface area (Å²) >= 11 is 0. The predicted molar refractivity (Wildman–Crippen MR) is 53.7 cm³/mol. The second kappa shape index (κ2) is 3.29. The fourth-order valence-corrected chi connectivity index (χ4v) is 4.18. The highest BCUT2D eigenvalue weighted by atomic mass is 32.9. The van der Waals surface area contributed by atoms with Crippen LogP contribution in [0.4, 0.5) is 10.1 Å². The molecule has 0 aromatic heterocycles. The van der Waals surface area contributed by atoms with E-state index in [1.54, 1.807) is 6.92 Å². The van der Waals surface area contributed by atoms with Crippen molar-refractivity contribution >= 4 is 29.4 Å². The molecule has 14 heavy (non-hydrogen) atoms. The van der Waals surface area contributed by atoms with Gasteiger partial charge < -0.3 is 0 Å². The molecular weight excluding hydrogens is 225 g/mol. The van der Waals surface area contributed by atoms with Crippen molar-refractivity contribution in [2.75, 3.05) is 0 Å². The summed E-state index contributed by atoms with van der Waals surface area (Å²) in [5, 5.41) is 0.513. The van der Waals surface area contributed by atoms with Gasteiger partial charge in [0.25, 0.3) is 9.26 Å². The Labute approximate surface area is 83.4 Å². The molecule has 1 aliphatic heterocycles. The van der Waals surface area contributed by atoms with Crippen LogP contribution in [-0.4, -0.2) is 13.5 Å². The van der Waals surface area contributed by atoms with Crippen LogP contribution in [-0.2, 0) is 18.7 Å². The summed E-state index contributed by atoms with van der Waals surface area (Å²) in [6.07, 6.45) is 0. The lowest BCUT2D eigenvalue weighted by atomic mass is 10.3. The summed E-state index contributed by atoms with van der Waals surface area (Å²) in [7, 11) is -3.34. The van der Waals surface area contributed by atoms with E-state index in [0.29, 0.717) is 15.6 Å². The third-order valence-electron chi connectivity index (χ3n) is 1.80. The van der Waals surface area contributed by atoms with Crippen LogP contribution < -0.4 is 0 Å². The summed E-state index contributed by atoms with van der Waals surface area (Å²) in [5.74, 6) is -0.434. The molecule has 1 atom stereocenters. The average molecular weight is 231 g/mol. The van der Waals surface area contributed by atoms with Gasteiger partial charge in [0.1, 0.15) is 5.82 Å². The van der Waals surface area contributed by atoms with E-state index in [1.807, 2.05) is 0 Å². The normalized spacial score (nSPS) is 19.0. The molecule has 0 aliphatic carbocycles. The second-order valence-corrected chi connectivity index (χ2v) is 6.51. The van der Waals surface area contributed by atoms with Gasteiger partial charge in [-0.1, -0.05) is 0 Å². The van der Waals surface area contributed by atoms with Gasteiger partial charge in [-0.05, 0) is 25.1 Å². The minimum Gasteiger partial charge on any atom is -0.245 e. The maximum Gasteiger partial charge on any atom is 0.251 e. The summed E-state index contributed by atoms with van der Waals surface area (Å²) in [5.41, 5.74) is 0.552. The highest BCUT2D eigenvalue weighted by Gasteiger charge is 2.19. The molecule has 1 aromatic rings. The summed E-state index contributed by atoms with van der Waals surface area (Å²) < 4.78 is 34.7. The fourth-order valence-electron chi connectivity index (χ4n) is 1.27. The lowest BCUT2D eigenvalue weighted by Gasteiger charge is -1.96. The van der Waals surface area contributed by atoms with Gasteiger partial charge in [-0.2, -0.15) is 8.42 Å². The Morgan fingerprint density at radius 2 is 2.14 bits per heavy atom. The van der Waals surface area contributed by atoms with Gasteiger partial charge >= 0.3 is 0 Å². The number of aliphatic imine (C=N–C) groups is 1. The summed E-state index contributed by atoms with van der Waals surface area (Å²) in [4.78, 5) is 4.52. The lowest BCUT2D eigenvalue weighted by Crippen LogP contribution is -1.97. The molecule has 0 amide bonds. The van der Waals surface area contributed by atoms with Crippen molar-refractivity contribution < 1.29 is 12.8 Å². The number of halogens is 1. The molecule has 0 bridgehead atoms. The smallest absolute Gasteiger partial charge is 0.245 e. The number of hydrogen-bond donors (Lipinski definition) is 0. The minimum absolute atomic E-state index is 0.434. The van der Waals surface area contributed by atoms with E-state index in [1.165, 1.54) is 18.2 Å². The van der Waals surface area contributed by atoms with E-state index in [0.717, 1.165) is 0 Å². The van der Waals surface area contributed by atoms with Crippen molar-refractivity contribution in [3.05, 3.63) is 24.0 Å². The van der Waals surface area contributed by atoms with E-state index in [2.05, 4.69) is 4.99 Å². The van der Waals surface area contributed by atoms with Crippen molar-refractivity contribution in [3.8, 4) is 0 Å². The van der Waals surface area contributed by atoms with Crippen molar-refractivity contribution in [1.29, 1.82) is 0 Å². The van der Waals surface area contributed by atoms with E-state index >= 15 is 0 Å².